The predicted octanol–water partition coefficient (Wildman–Crippen LogP) is 2.76. The van der Waals surface area contributed by atoms with E-state index in [0.717, 1.165) is 0 Å². The first-order valence-electron chi connectivity index (χ1n) is 11.2. The van der Waals surface area contributed by atoms with Gasteiger partial charge in [0.05, 0.1) is 23.4 Å². The van der Waals surface area contributed by atoms with Gasteiger partial charge in [-0.2, -0.15) is 0 Å². The van der Waals surface area contributed by atoms with Gasteiger partial charge in [-0.1, -0.05) is 38.1 Å². The fourth-order valence-corrected chi connectivity index (χ4v) is 3.38. The number of rotatable bonds is 9. The van der Waals surface area contributed by atoms with E-state index < -0.39 is 24.6 Å². The van der Waals surface area contributed by atoms with Gasteiger partial charge in [-0.3, -0.25) is 19.2 Å². The Kier molecular flexibility index (Phi) is 8.24. The molecular weight excluding hydrogens is 438 g/mol. The van der Waals surface area contributed by atoms with Crippen LogP contribution in [0.4, 0.5) is 11.4 Å². The summed E-state index contributed by atoms with van der Waals surface area (Å²) in [5.41, 5.74) is 1.24. The van der Waals surface area contributed by atoms with Crippen molar-refractivity contribution in [3.8, 4) is 5.75 Å². The van der Waals surface area contributed by atoms with Crippen molar-refractivity contribution in [3.63, 3.8) is 0 Å². The molecule has 0 aliphatic carbocycles. The van der Waals surface area contributed by atoms with Gasteiger partial charge in [0.15, 0.2) is 12.7 Å². The van der Waals surface area contributed by atoms with E-state index in [9.17, 15) is 19.2 Å². The number of ether oxygens (including phenoxy) is 2. The molecule has 34 heavy (non-hydrogen) atoms. The van der Waals surface area contributed by atoms with Crippen molar-refractivity contribution in [2.45, 2.75) is 33.3 Å². The van der Waals surface area contributed by atoms with E-state index in [0.29, 0.717) is 29.2 Å². The maximum absolute atomic E-state index is 12.5. The van der Waals surface area contributed by atoms with Crippen LogP contribution in [0.5, 0.6) is 5.75 Å². The number of carbonyl (C=O) groups excluding carboxylic acids is 4. The molecule has 3 amide bonds. The number of nitrogens with one attached hydrogen (secondary N) is 2. The van der Waals surface area contributed by atoms with Gasteiger partial charge >= 0.3 is 5.97 Å². The average molecular weight is 468 g/mol. The lowest BCUT2D eigenvalue weighted by molar-refractivity contribution is -0.147. The number of para-hydroxylation sites is 3. The highest BCUT2D eigenvalue weighted by molar-refractivity contribution is 6.04. The summed E-state index contributed by atoms with van der Waals surface area (Å²) in [6.07, 6.45) is -0.747. The standard InChI is InChI=1S/C25H29N3O6/c1-16(2)14-26-24(31)18-8-4-5-9-19(18)27-22(29)15-33-23(30)12-13-28-20-10-6-7-11-21(20)34-17(3)25(28)32/h4-11,16-17H,12-15H2,1-3H3,(H,26,31)(H,27,29). The number of carbonyl (C=O) groups is 4. The molecule has 0 radical (unpaired) electrons. The number of esters is 1. The predicted molar refractivity (Wildman–Crippen MR) is 127 cm³/mol. The topological polar surface area (TPSA) is 114 Å². The highest BCUT2D eigenvalue weighted by Gasteiger charge is 2.31. The number of hydrogen-bond donors (Lipinski definition) is 2. The third-order valence-electron chi connectivity index (χ3n) is 5.09. The third kappa shape index (κ3) is 6.34. The van der Waals surface area contributed by atoms with Crippen molar-refractivity contribution in [1.29, 1.82) is 0 Å². The van der Waals surface area contributed by atoms with Crippen LogP contribution < -0.4 is 20.3 Å². The second-order valence-electron chi connectivity index (χ2n) is 8.33. The lowest BCUT2D eigenvalue weighted by Gasteiger charge is -2.32. The summed E-state index contributed by atoms with van der Waals surface area (Å²) >= 11 is 0. The highest BCUT2D eigenvalue weighted by Crippen LogP contribution is 2.33. The summed E-state index contributed by atoms with van der Waals surface area (Å²) in [6.45, 7) is 5.71. The number of amides is 3. The summed E-state index contributed by atoms with van der Waals surface area (Å²) in [7, 11) is 0. The second kappa shape index (κ2) is 11.3. The van der Waals surface area contributed by atoms with Crippen molar-refractivity contribution < 1.29 is 28.7 Å². The number of anilines is 2. The first-order chi connectivity index (χ1) is 16.3. The Labute approximate surface area is 198 Å². The maximum atomic E-state index is 12.5. The molecule has 0 spiro atoms. The fraction of sp³-hybridized carbons (Fsp3) is 0.360. The van der Waals surface area contributed by atoms with E-state index in [1.807, 2.05) is 13.8 Å². The molecule has 0 fully saturated rings. The molecule has 0 saturated heterocycles. The summed E-state index contributed by atoms with van der Waals surface area (Å²) in [6, 6.07) is 13.7. The minimum absolute atomic E-state index is 0.0890. The number of nitrogens with zero attached hydrogens (tertiary/aromatic N) is 1. The van der Waals surface area contributed by atoms with Crippen molar-refractivity contribution >= 4 is 35.1 Å². The van der Waals surface area contributed by atoms with Crippen LogP contribution in [0.1, 0.15) is 37.6 Å². The van der Waals surface area contributed by atoms with Crippen LogP contribution in [0.15, 0.2) is 48.5 Å². The van der Waals surface area contributed by atoms with Gasteiger partial charge in [0.25, 0.3) is 17.7 Å². The molecule has 1 aliphatic heterocycles. The highest BCUT2D eigenvalue weighted by atomic mass is 16.5. The number of hydrogen-bond acceptors (Lipinski definition) is 6. The van der Waals surface area contributed by atoms with Gasteiger partial charge in [0, 0.05) is 13.1 Å². The summed E-state index contributed by atoms with van der Waals surface area (Å²) in [5.74, 6) is -0.891. The van der Waals surface area contributed by atoms with Crippen LogP contribution in [0.25, 0.3) is 0 Å². The van der Waals surface area contributed by atoms with E-state index >= 15 is 0 Å². The molecular formula is C25H29N3O6. The van der Waals surface area contributed by atoms with Gasteiger partial charge in [0.2, 0.25) is 0 Å². The van der Waals surface area contributed by atoms with Gasteiger partial charge in [-0.15, -0.1) is 0 Å². The van der Waals surface area contributed by atoms with Crippen LogP contribution in [0.2, 0.25) is 0 Å². The molecule has 0 aromatic heterocycles. The van der Waals surface area contributed by atoms with Crippen molar-refractivity contribution in [1.82, 2.24) is 5.32 Å². The molecule has 1 unspecified atom stereocenters. The lowest BCUT2D eigenvalue weighted by Crippen LogP contribution is -2.45. The Bertz CT molecular complexity index is 1070. The van der Waals surface area contributed by atoms with Crippen LogP contribution >= 0.6 is 0 Å². The first-order valence-corrected chi connectivity index (χ1v) is 11.2. The zero-order chi connectivity index (χ0) is 24.7. The molecule has 180 valence electrons. The van der Waals surface area contributed by atoms with Gasteiger partial charge in [-0.25, -0.2) is 0 Å². The minimum atomic E-state index is -0.658. The summed E-state index contributed by atoms with van der Waals surface area (Å²) in [5, 5.41) is 5.41. The fourth-order valence-electron chi connectivity index (χ4n) is 3.38. The Balaban J connectivity index is 1.51. The normalized spacial score (nSPS) is 14.8. The summed E-state index contributed by atoms with van der Waals surface area (Å²) in [4.78, 5) is 50.9. The van der Waals surface area contributed by atoms with E-state index in [1.165, 1.54) is 4.90 Å². The van der Waals surface area contributed by atoms with Crippen LogP contribution in [-0.2, 0) is 19.1 Å². The SMILES string of the molecule is CC(C)CNC(=O)c1ccccc1NC(=O)COC(=O)CCN1C(=O)C(C)Oc2ccccc21. The quantitative estimate of drug-likeness (QED) is 0.548. The average Bonchev–Trinajstić information content (AvgIpc) is 2.82. The zero-order valence-corrected chi connectivity index (χ0v) is 19.5. The van der Waals surface area contributed by atoms with Crippen LogP contribution in [0.3, 0.4) is 0 Å². The number of benzene rings is 2. The van der Waals surface area contributed by atoms with Crippen molar-refractivity contribution in [2.75, 3.05) is 29.9 Å². The Morgan fingerprint density at radius 1 is 1.09 bits per heavy atom. The lowest BCUT2D eigenvalue weighted by atomic mass is 10.1. The molecule has 2 N–H and O–H groups in total. The third-order valence-corrected chi connectivity index (χ3v) is 5.09. The molecule has 2 aromatic rings. The number of fused-ring (bicyclic) bond motifs is 1. The molecule has 1 heterocycles. The second-order valence-corrected chi connectivity index (χ2v) is 8.33. The van der Waals surface area contributed by atoms with Gasteiger partial charge < -0.3 is 25.0 Å². The first kappa shape index (κ1) is 24.8. The van der Waals surface area contributed by atoms with Gasteiger partial charge in [0.1, 0.15) is 5.75 Å². The molecule has 2 aromatic carbocycles. The Morgan fingerprint density at radius 2 is 1.79 bits per heavy atom. The Hall–Kier alpha value is -3.88. The van der Waals surface area contributed by atoms with Gasteiger partial charge in [-0.05, 0) is 37.1 Å². The van der Waals surface area contributed by atoms with Crippen LogP contribution in [-0.4, -0.2) is 49.5 Å². The zero-order valence-electron chi connectivity index (χ0n) is 19.5. The summed E-state index contributed by atoms with van der Waals surface area (Å²) < 4.78 is 10.7. The molecule has 3 rings (SSSR count). The Morgan fingerprint density at radius 3 is 2.56 bits per heavy atom. The van der Waals surface area contributed by atoms with Crippen molar-refractivity contribution in [2.24, 2.45) is 5.92 Å². The van der Waals surface area contributed by atoms with E-state index in [2.05, 4.69) is 10.6 Å². The monoisotopic (exact) mass is 467 g/mol. The molecule has 1 aliphatic rings. The van der Waals surface area contributed by atoms with E-state index in [-0.39, 0.29) is 30.7 Å². The molecule has 9 nitrogen and oxygen atoms in total. The molecule has 0 saturated carbocycles. The molecule has 0 bridgehead atoms. The largest absolute Gasteiger partial charge is 0.479 e. The molecule has 1 atom stereocenters. The molecule has 9 heteroatoms. The smallest absolute Gasteiger partial charge is 0.308 e. The maximum Gasteiger partial charge on any atom is 0.308 e. The van der Waals surface area contributed by atoms with Crippen molar-refractivity contribution in [3.05, 3.63) is 54.1 Å². The van der Waals surface area contributed by atoms with E-state index in [1.54, 1.807) is 55.5 Å². The van der Waals surface area contributed by atoms with E-state index in [4.69, 9.17) is 9.47 Å². The van der Waals surface area contributed by atoms with Crippen LogP contribution in [0, 0.1) is 5.92 Å². The minimum Gasteiger partial charge on any atom is -0.479 e.